The van der Waals surface area contributed by atoms with Crippen molar-refractivity contribution in [2.24, 2.45) is 5.92 Å². The van der Waals surface area contributed by atoms with E-state index in [9.17, 15) is 0 Å². The first kappa shape index (κ1) is 14.5. The fraction of sp³-hybridized carbons (Fsp3) is 0.421. The predicted molar refractivity (Wildman–Crippen MR) is 89.1 cm³/mol. The van der Waals surface area contributed by atoms with Gasteiger partial charge < -0.3 is 14.8 Å². The molecule has 2 aliphatic rings. The molecule has 1 N–H and O–H groups in total. The summed E-state index contributed by atoms with van der Waals surface area (Å²) in [6.45, 7) is 1.08. The Morgan fingerprint density at radius 1 is 1.17 bits per heavy atom. The van der Waals surface area contributed by atoms with Crippen LogP contribution in [0.3, 0.4) is 0 Å². The zero-order chi connectivity index (χ0) is 15.8. The van der Waals surface area contributed by atoms with E-state index >= 15 is 0 Å². The van der Waals surface area contributed by atoms with Crippen molar-refractivity contribution in [1.82, 2.24) is 10.3 Å². The van der Waals surface area contributed by atoms with Crippen molar-refractivity contribution < 1.29 is 9.47 Å². The van der Waals surface area contributed by atoms with Crippen molar-refractivity contribution in [2.75, 3.05) is 20.8 Å². The summed E-state index contributed by atoms with van der Waals surface area (Å²) in [6, 6.07) is 8.81. The van der Waals surface area contributed by atoms with E-state index < -0.39 is 0 Å². The van der Waals surface area contributed by atoms with E-state index in [1.54, 1.807) is 14.2 Å². The first-order valence-electron chi connectivity index (χ1n) is 8.23. The number of methoxy groups -OCH3 is 2. The van der Waals surface area contributed by atoms with Crippen molar-refractivity contribution in [3.63, 3.8) is 0 Å². The Morgan fingerprint density at radius 3 is 2.83 bits per heavy atom. The highest BCUT2D eigenvalue weighted by molar-refractivity contribution is 5.59. The molecule has 1 aliphatic heterocycles. The van der Waals surface area contributed by atoms with E-state index in [1.807, 2.05) is 24.5 Å². The van der Waals surface area contributed by atoms with Crippen molar-refractivity contribution in [3.8, 4) is 11.5 Å². The standard InChI is InChI=1S/C19H22N2O2/c1-22-15-8-7-14-17(19(15)23-2)16(12-5-3-9-20-11-12)13-6-4-10-21-18(13)14/h3,5,7-9,11,13,16,18,21H,4,6,10H2,1-2H3/t13-,16-,18?/m0/s1. The van der Waals surface area contributed by atoms with Gasteiger partial charge >= 0.3 is 0 Å². The van der Waals surface area contributed by atoms with Crippen molar-refractivity contribution >= 4 is 0 Å². The van der Waals surface area contributed by atoms with E-state index in [0.29, 0.717) is 17.9 Å². The van der Waals surface area contributed by atoms with Crippen molar-refractivity contribution in [1.29, 1.82) is 0 Å². The lowest BCUT2D eigenvalue weighted by Crippen LogP contribution is -2.32. The molecule has 0 radical (unpaired) electrons. The van der Waals surface area contributed by atoms with Crippen LogP contribution >= 0.6 is 0 Å². The van der Waals surface area contributed by atoms with Gasteiger partial charge in [0.2, 0.25) is 0 Å². The molecule has 3 atom stereocenters. The number of aromatic nitrogens is 1. The number of nitrogens with zero attached hydrogens (tertiary/aromatic N) is 1. The maximum absolute atomic E-state index is 5.76. The third-order valence-corrected chi connectivity index (χ3v) is 5.24. The number of fused-ring (bicyclic) bond motifs is 3. The summed E-state index contributed by atoms with van der Waals surface area (Å²) in [5.74, 6) is 2.53. The lowest BCUT2D eigenvalue weighted by molar-refractivity contribution is 0.285. The second kappa shape index (κ2) is 5.85. The Hall–Kier alpha value is -2.07. The van der Waals surface area contributed by atoms with Gasteiger partial charge in [-0.25, -0.2) is 0 Å². The topological polar surface area (TPSA) is 43.4 Å². The van der Waals surface area contributed by atoms with Gasteiger partial charge in [-0.05, 0) is 48.6 Å². The van der Waals surface area contributed by atoms with Gasteiger partial charge in [-0.15, -0.1) is 0 Å². The molecule has 1 unspecified atom stereocenters. The van der Waals surface area contributed by atoms with Gasteiger partial charge in [0, 0.05) is 29.9 Å². The van der Waals surface area contributed by atoms with Crippen LogP contribution in [0.15, 0.2) is 36.7 Å². The van der Waals surface area contributed by atoms with Crippen LogP contribution in [-0.4, -0.2) is 25.7 Å². The smallest absolute Gasteiger partial charge is 0.164 e. The average Bonchev–Trinajstić information content (AvgIpc) is 2.96. The molecular weight excluding hydrogens is 288 g/mol. The van der Waals surface area contributed by atoms with Crippen LogP contribution in [0.1, 0.15) is 41.5 Å². The van der Waals surface area contributed by atoms with Crippen LogP contribution in [0.4, 0.5) is 0 Å². The van der Waals surface area contributed by atoms with Crippen LogP contribution in [0.5, 0.6) is 11.5 Å². The zero-order valence-electron chi connectivity index (χ0n) is 13.6. The highest BCUT2D eigenvalue weighted by Crippen LogP contribution is 2.56. The van der Waals surface area contributed by atoms with Gasteiger partial charge in [-0.1, -0.05) is 12.1 Å². The fourth-order valence-electron chi connectivity index (χ4n) is 4.36. The third-order valence-electron chi connectivity index (χ3n) is 5.24. The highest BCUT2D eigenvalue weighted by Gasteiger charge is 2.45. The molecule has 4 rings (SSSR count). The minimum absolute atomic E-state index is 0.307. The second-order valence-electron chi connectivity index (χ2n) is 6.31. The number of rotatable bonds is 3. The van der Waals surface area contributed by atoms with Crippen LogP contribution in [0, 0.1) is 5.92 Å². The average molecular weight is 310 g/mol. The molecule has 4 heteroatoms. The summed E-state index contributed by atoms with van der Waals surface area (Å²) in [6.07, 6.45) is 6.26. The maximum atomic E-state index is 5.76. The van der Waals surface area contributed by atoms with E-state index in [4.69, 9.17) is 9.47 Å². The first-order chi connectivity index (χ1) is 11.3. The minimum Gasteiger partial charge on any atom is -0.493 e. The molecule has 0 spiro atoms. The number of nitrogens with one attached hydrogen (secondary N) is 1. The maximum Gasteiger partial charge on any atom is 0.164 e. The summed E-state index contributed by atoms with van der Waals surface area (Å²) < 4.78 is 11.3. The quantitative estimate of drug-likeness (QED) is 0.945. The van der Waals surface area contributed by atoms with Gasteiger partial charge in [0.25, 0.3) is 0 Å². The second-order valence-corrected chi connectivity index (χ2v) is 6.31. The monoisotopic (exact) mass is 310 g/mol. The number of pyridine rings is 1. The molecule has 0 amide bonds. The Bertz CT molecular complexity index is 702. The molecule has 2 aromatic rings. The Labute approximate surface area is 136 Å². The molecule has 0 bridgehead atoms. The molecule has 1 aromatic carbocycles. The molecule has 1 aromatic heterocycles. The number of hydrogen-bond donors (Lipinski definition) is 1. The summed E-state index contributed by atoms with van der Waals surface area (Å²) in [7, 11) is 3.43. The fourth-order valence-corrected chi connectivity index (χ4v) is 4.36. The Kier molecular flexibility index (Phi) is 3.69. The molecule has 23 heavy (non-hydrogen) atoms. The number of piperidine rings is 1. The molecule has 2 heterocycles. The van der Waals surface area contributed by atoms with E-state index in [1.165, 1.54) is 29.5 Å². The normalized spacial score (nSPS) is 25.6. The highest BCUT2D eigenvalue weighted by atomic mass is 16.5. The van der Waals surface area contributed by atoms with Crippen molar-refractivity contribution in [2.45, 2.75) is 24.8 Å². The molecule has 1 saturated heterocycles. The molecule has 0 saturated carbocycles. The minimum atomic E-state index is 0.307. The lowest BCUT2D eigenvalue weighted by atomic mass is 9.81. The number of ether oxygens (including phenoxy) is 2. The largest absolute Gasteiger partial charge is 0.493 e. The van der Waals surface area contributed by atoms with Gasteiger partial charge in [-0.3, -0.25) is 4.98 Å². The van der Waals surface area contributed by atoms with Crippen LogP contribution < -0.4 is 14.8 Å². The van der Waals surface area contributed by atoms with Gasteiger partial charge in [0.15, 0.2) is 11.5 Å². The van der Waals surface area contributed by atoms with Crippen LogP contribution in [0.25, 0.3) is 0 Å². The summed E-state index contributed by atoms with van der Waals surface area (Å²) in [5, 5.41) is 3.71. The summed E-state index contributed by atoms with van der Waals surface area (Å²) in [4.78, 5) is 4.35. The molecule has 4 nitrogen and oxygen atoms in total. The van der Waals surface area contributed by atoms with E-state index in [2.05, 4.69) is 22.4 Å². The summed E-state index contributed by atoms with van der Waals surface area (Å²) >= 11 is 0. The lowest BCUT2D eigenvalue weighted by Gasteiger charge is -2.31. The summed E-state index contributed by atoms with van der Waals surface area (Å²) in [5.41, 5.74) is 3.88. The SMILES string of the molecule is COc1ccc2c(c1OC)[C@@H](c1cccnc1)[C@@H]1CCCNC21. The number of hydrogen-bond acceptors (Lipinski definition) is 4. The molecular formula is C19H22N2O2. The Balaban J connectivity index is 1.93. The first-order valence-corrected chi connectivity index (χ1v) is 8.23. The van der Waals surface area contributed by atoms with Crippen LogP contribution in [0.2, 0.25) is 0 Å². The molecule has 1 aliphatic carbocycles. The zero-order valence-corrected chi connectivity index (χ0v) is 13.6. The van der Waals surface area contributed by atoms with Crippen molar-refractivity contribution in [3.05, 3.63) is 53.3 Å². The molecule has 1 fully saturated rings. The Morgan fingerprint density at radius 2 is 2.09 bits per heavy atom. The molecule has 120 valence electrons. The van der Waals surface area contributed by atoms with E-state index in [-0.39, 0.29) is 0 Å². The predicted octanol–water partition coefficient (Wildman–Crippen LogP) is 3.29. The van der Waals surface area contributed by atoms with Gasteiger partial charge in [0.05, 0.1) is 14.2 Å². The van der Waals surface area contributed by atoms with Gasteiger partial charge in [-0.2, -0.15) is 0 Å². The number of benzene rings is 1. The van der Waals surface area contributed by atoms with Gasteiger partial charge in [0.1, 0.15) is 0 Å². The van der Waals surface area contributed by atoms with Crippen LogP contribution in [-0.2, 0) is 0 Å². The van der Waals surface area contributed by atoms with E-state index in [0.717, 1.165) is 18.0 Å². The third kappa shape index (κ3) is 2.20.